The Bertz CT molecular complexity index is 826. The van der Waals surface area contributed by atoms with E-state index in [4.69, 9.17) is 0 Å². The van der Waals surface area contributed by atoms with Crippen LogP contribution in [0.15, 0.2) is 29.3 Å². The van der Waals surface area contributed by atoms with Crippen LogP contribution in [0.4, 0.5) is 13.2 Å². The second kappa shape index (κ2) is 12.2. The van der Waals surface area contributed by atoms with E-state index in [0.29, 0.717) is 50.0 Å². The second-order valence-electron chi connectivity index (χ2n) is 7.80. The first kappa shape index (κ1) is 28.0. The maximum atomic E-state index is 12.9. The number of aliphatic imine (C=N–C) groups is 1. The number of nitrogens with one attached hydrogen (secondary N) is 2. The first-order valence-corrected chi connectivity index (χ1v) is 11.9. The molecule has 0 aliphatic carbocycles. The molecular formula is C20H32F3IN4O2S. The van der Waals surface area contributed by atoms with Crippen LogP contribution in [0.3, 0.4) is 0 Å². The Morgan fingerprint density at radius 1 is 1.26 bits per heavy atom. The van der Waals surface area contributed by atoms with Gasteiger partial charge in [-0.2, -0.15) is 13.2 Å². The van der Waals surface area contributed by atoms with E-state index in [1.54, 1.807) is 13.1 Å². The molecule has 2 rings (SSSR count). The van der Waals surface area contributed by atoms with Crippen LogP contribution in [0.1, 0.15) is 43.2 Å². The van der Waals surface area contributed by atoms with Gasteiger partial charge in [0, 0.05) is 33.2 Å². The lowest BCUT2D eigenvalue weighted by atomic mass is 9.96. The summed E-state index contributed by atoms with van der Waals surface area (Å²) in [5.41, 5.74) is 0.0337. The quantitative estimate of drug-likeness (QED) is 0.296. The fourth-order valence-electron chi connectivity index (χ4n) is 3.50. The highest BCUT2D eigenvalue weighted by Gasteiger charge is 2.30. The molecule has 2 N–H and O–H groups in total. The van der Waals surface area contributed by atoms with Crippen molar-refractivity contribution >= 4 is 40.0 Å². The van der Waals surface area contributed by atoms with Crippen LogP contribution in [0, 0.1) is 5.92 Å². The third-order valence-corrected chi connectivity index (χ3v) is 6.78. The van der Waals surface area contributed by atoms with Crippen molar-refractivity contribution < 1.29 is 21.6 Å². The van der Waals surface area contributed by atoms with Gasteiger partial charge in [-0.1, -0.05) is 25.1 Å². The van der Waals surface area contributed by atoms with Gasteiger partial charge in [-0.25, -0.2) is 12.7 Å². The van der Waals surface area contributed by atoms with Crippen LogP contribution in [0.2, 0.25) is 0 Å². The van der Waals surface area contributed by atoms with Crippen molar-refractivity contribution in [2.75, 3.05) is 39.5 Å². The number of benzene rings is 1. The maximum absolute atomic E-state index is 12.9. The molecule has 1 aliphatic heterocycles. The zero-order chi connectivity index (χ0) is 22.4. The number of piperidine rings is 1. The van der Waals surface area contributed by atoms with Gasteiger partial charge in [0.15, 0.2) is 5.96 Å². The predicted octanol–water partition coefficient (Wildman–Crippen LogP) is 3.65. The lowest BCUT2D eigenvalue weighted by molar-refractivity contribution is -0.137. The van der Waals surface area contributed by atoms with Gasteiger partial charge in [0.05, 0.1) is 11.8 Å². The Morgan fingerprint density at radius 3 is 2.45 bits per heavy atom. The van der Waals surface area contributed by atoms with Gasteiger partial charge in [-0.05, 0) is 42.7 Å². The molecule has 1 aliphatic rings. The number of nitrogens with zero attached hydrogens (tertiary/aromatic N) is 2. The second-order valence-corrected chi connectivity index (χ2v) is 9.78. The molecule has 1 heterocycles. The van der Waals surface area contributed by atoms with Gasteiger partial charge in [0.25, 0.3) is 0 Å². The molecule has 31 heavy (non-hydrogen) atoms. The molecule has 0 bridgehead atoms. The van der Waals surface area contributed by atoms with Crippen molar-refractivity contribution in [3.63, 3.8) is 0 Å². The number of rotatable bonds is 7. The monoisotopic (exact) mass is 576 g/mol. The maximum Gasteiger partial charge on any atom is 0.416 e. The van der Waals surface area contributed by atoms with Crippen LogP contribution >= 0.6 is 24.0 Å². The van der Waals surface area contributed by atoms with Crippen molar-refractivity contribution in [2.45, 2.75) is 38.3 Å². The molecular weight excluding hydrogens is 544 g/mol. The first-order chi connectivity index (χ1) is 14.0. The Labute approximate surface area is 200 Å². The number of halogens is 4. The normalized spacial score (nSPS) is 17.7. The van der Waals surface area contributed by atoms with Gasteiger partial charge < -0.3 is 10.6 Å². The number of guanidine groups is 1. The molecule has 11 heteroatoms. The summed E-state index contributed by atoms with van der Waals surface area (Å²) in [7, 11) is -1.46. The largest absolute Gasteiger partial charge is 0.416 e. The van der Waals surface area contributed by atoms with Gasteiger partial charge in [-0.3, -0.25) is 4.99 Å². The van der Waals surface area contributed by atoms with Crippen molar-refractivity contribution in [3.05, 3.63) is 35.4 Å². The third-order valence-electron chi connectivity index (χ3n) is 5.48. The Balaban J connectivity index is 0.00000480. The van der Waals surface area contributed by atoms with E-state index in [0.717, 1.165) is 18.9 Å². The molecule has 1 aromatic carbocycles. The van der Waals surface area contributed by atoms with E-state index >= 15 is 0 Å². The average molecular weight is 576 g/mol. The zero-order valence-electron chi connectivity index (χ0n) is 18.1. The van der Waals surface area contributed by atoms with Crippen molar-refractivity contribution in [1.29, 1.82) is 0 Å². The number of sulfonamides is 1. The van der Waals surface area contributed by atoms with Crippen molar-refractivity contribution in [2.24, 2.45) is 10.9 Å². The van der Waals surface area contributed by atoms with E-state index in [-0.39, 0.29) is 29.9 Å². The van der Waals surface area contributed by atoms with Crippen LogP contribution in [0.5, 0.6) is 0 Å². The molecule has 1 atom stereocenters. The summed E-state index contributed by atoms with van der Waals surface area (Å²) in [6, 6.07) is 5.45. The van der Waals surface area contributed by atoms with Gasteiger partial charge in [0.2, 0.25) is 10.0 Å². The molecule has 1 unspecified atom stereocenters. The van der Waals surface area contributed by atoms with Gasteiger partial charge >= 0.3 is 6.18 Å². The lowest BCUT2D eigenvalue weighted by Gasteiger charge is -2.30. The van der Waals surface area contributed by atoms with Gasteiger partial charge in [0.1, 0.15) is 0 Å². The van der Waals surface area contributed by atoms with E-state index in [2.05, 4.69) is 15.6 Å². The summed E-state index contributed by atoms with van der Waals surface area (Å²) in [6.45, 7) is 4.24. The molecule has 0 aromatic heterocycles. The van der Waals surface area contributed by atoms with Crippen LogP contribution in [-0.2, 0) is 16.2 Å². The highest BCUT2D eigenvalue weighted by molar-refractivity contribution is 14.0. The molecule has 0 saturated carbocycles. The molecule has 6 nitrogen and oxygen atoms in total. The van der Waals surface area contributed by atoms with Crippen LogP contribution < -0.4 is 10.6 Å². The fourth-order valence-corrected chi connectivity index (χ4v) is 4.38. The van der Waals surface area contributed by atoms with Crippen LogP contribution in [0.25, 0.3) is 0 Å². The Hall–Kier alpha value is -1.08. The minimum absolute atomic E-state index is 0. The molecule has 0 radical (unpaired) electrons. The summed E-state index contributed by atoms with van der Waals surface area (Å²) in [6.07, 6.45) is -0.850. The number of hydrogen-bond acceptors (Lipinski definition) is 3. The molecule has 0 spiro atoms. The summed E-state index contributed by atoms with van der Waals surface area (Å²) < 4.78 is 63.3. The predicted molar refractivity (Wildman–Crippen MR) is 128 cm³/mol. The van der Waals surface area contributed by atoms with E-state index in [1.807, 2.05) is 6.92 Å². The Morgan fingerprint density at radius 2 is 1.90 bits per heavy atom. The minimum atomic E-state index is -4.34. The SMILES string of the molecule is CN=C(NCCC(C)c1cccc(C(F)(F)F)c1)NCC1CCN(S(C)(=O)=O)CC1.I. The molecule has 178 valence electrons. The standard InChI is InChI=1S/C20H31F3N4O2S.HI/c1-15(17-5-4-6-18(13-17)20(21,22)23)7-10-25-19(24-2)26-14-16-8-11-27(12-9-16)30(3,28)29;/h4-6,13,15-16H,7-12,14H2,1-3H3,(H2,24,25,26);1H. The number of alkyl halides is 3. The summed E-state index contributed by atoms with van der Waals surface area (Å²) in [5.74, 6) is 0.973. The third kappa shape index (κ3) is 9.13. The van der Waals surface area contributed by atoms with E-state index in [1.165, 1.54) is 22.7 Å². The Kier molecular flexibility index (Phi) is 11.0. The smallest absolute Gasteiger partial charge is 0.356 e. The van der Waals surface area contributed by atoms with Crippen molar-refractivity contribution in [1.82, 2.24) is 14.9 Å². The lowest BCUT2D eigenvalue weighted by Crippen LogP contribution is -2.44. The summed E-state index contributed by atoms with van der Waals surface area (Å²) >= 11 is 0. The highest BCUT2D eigenvalue weighted by atomic mass is 127. The molecule has 1 fully saturated rings. The van der Waals surface area contributed by atoms with E-state index in [9.17, 15) is 21.6 Å². The van der Waals surface area contributed by atoms with Crippen LogP contribution in [-0.4, -0.2) is 58.2 Å². The molecule has 0 amide bonds. The van der Waals surface area contributed by atoms with Crippen molar-refractivity contribution in [3.8, 4) is 0 Å². The summed E-state index contributed by atoms with van der Waals surface area (Å²) in [5, 5.41) is 6.46. The van der Waals surface area contributed by atoms with Gasteiger partial charge in [-0.15, -0.1) is 24.0 Å². The molecule has 1 aromatic rings. The topological polar surface area (TPSA) is 73.8 Å². The highest BCUT2D eigenvalue weighted by Crippen LogP contribution is 2.31. The fraction of sp³-hybridized carbons (Fsp3) is 0.650. The first-order valence-electron chi connectivity index (χ1n) is 10.1. The minimum Gasteiger partial charge on any atom is -0.356 e. The van der Waals surface area contributed by atoms with E-state index < -0.39 is 21.8 Å². The average Bonchev–Trinajstić information content (AvgIpc) is 2.69. The number of hydrogen-bond donors (Lipinski definition) is 2. The summed E-state index contributed by atoms with van der Waals surface area (Å²) in [4.78, 5) is 4.18. The zero-order valence-corrected chi connectivity index (χ0v) is 21.2. The molecule has 1 saturated heterocycles.